The summed E-state index contributed by atoms with van der Waals surface area (Å²) >= 11 is 5.47. The van der Waals surface area contributed by atoms with Crippen LogP contribution in [-0.4, -0.2) is 14.7 Å². The SMILES string of the molecule is CS(=O)(=O)OCc1c(Br)cccc1I. The molecule has 0 aliphatic carbocycles. The van der Waals surface area contributed by atoms with Gasteiger partial charge in [-0.15, -0.1) is 0 Å². The summed E-state index contributed by atoms with van der Waals surface area (Å²) in [6.45, 7) is 0.0680. The smallest absolute Gasteiger partial charge is 0.264 e. The van der Waals surface area contributed by atoms with Crippen molar-refractivity contribution in [2.75, 3.05) is 6.26 Å². The summed E-state index contributed by atoms with van der Waals surface area (Å²) < 4.78 is 28.1. The predicted octanol–water partition coefficient (Wildman–Crippen LogP) is 2.53. The summed E-state index contributed by atoms with van der Waals surface area (Å²) in [4.78, 5) is 0. The lowest BCUT2D eigenvalue weighted by Crippen LogP contribution is -2.04. The molecule has 0 spiro atoms. The Labute approximate surface area is 105 Å². The second-order valence-corrected chi connectivity index (χ2v) is 6.33. The van der Waals surface area contributed by atoms with Crippen LogP contribution in [0.1, 0.15) is 5.56 Å². The van der Waals surface area contributed by atoms with E-state index in [1.807, 2.05) is 18.2 Å². The van der Waals surface area contributed by atoms with Gasteiger partial charge in [-0.25, -0.2) is 0 Å². The molecule has 6 heteroatoms. The Morgan fingerprint density at radius 1 is 1.50 bits per heavy atom. The number of rotatable bonds is 3. The molecule has 0 aliphatic rings. The first-order valence-corrected chi connectivity index (χ1v) is 7.36. The van der Waals surface area contributed by atoms with Crippen LogP contribution in [0, 0.1) is 3.57 Å². The third kappa shape index (κ3) is 3.84. The maximum atomic E-state index is 10.8. The maximum absolute atomic E-state index is 10.8. The molecule has 1 rings (SSSR count). The third-order valence-electron chi connectivity index (χ3n) is 1.48. The molecule has 1 aromatic rings. The lowest BCUT2D eigenvalue weighted by atomic mass is 10.2. The molecular weight excluding hydrogens is 383 g/mol. The zero-order chi connectivity index (χ0) is 10.8. The van der Waals surface area contributed by atoms with Crippen LogP contribution >= 0.6 is 38.5 Å². The van der Waals surface area contributed by atoms with Crippen molar-refractivity contribution in [1.82, 2.24) is 0 Å². The van der Waals surface area contributed by atoms with Gasteiger partial charge in [0.05, 0.1) is 12.9 Å². The first kappa shape index (κ1) is 12.4. The van der Waals surface area contributed by atoms with Crippen LogP contribution in [0.5, 0.6) is 0 Å². The van der Waals surface area contributed by atoms with Crippen molar-refractivity contribution in [3.05, 3.63) is 31.8 Å². The van der Waals surface area contributed by atoms with Crippen LogP contribution in [0.25, 0.3) is 0 Å². The summed E-state index contributed by atoms with van der Waals surface area (Å²) in [5.74, 6) is 0. The number of halogens is 2. The van der Waals surface area contributed by atoms with Gasteiger partial charge in [0, 0.05) is 13.6 Å². The molecule has 0 unspecified atom stereocenters. The standard InChI is InChI=1S/C8H8BrIO3S/c1-14(11,12)13-5-6-7(9)3-2-4-8(6)10/h2-4H,5H2,1H3. The largest absolute Gasteiger partial charge is 0.265 e. The van der Waals surface area contributed by atoms with E-state index in [1.54, 1.807) is 0 Å². The van der Waals surface area contributed by atoms with Crippen LogP contribution in [0.4, 0.5) is 0 Å². The van der Waals surface area contributed by atoms with Gasteiger partial charge in [-0.3, -0.25) is 4.18 Å². The minimum atomic E-state index is -3.38. The van der Waals surface area contributed by atoms with Gasteiger partial charge in [0.25, 0.3) is 10.1 Å². The van der Waals surface area contributed by atoms with Crippen molar-refractivity contribution < 1.29 is 12.6 Å². The highest BCUT2D eigenvalue weighted by Crippen LogP contribution is 2.23. The molecule has 0 saturated carbocycles. The van der Waals surface area contributed by atoms with Crippen LogP contribution in [0.3, 0.4) is 0 Å². The van der Waals surface area contributed by atoms with Gasteiger partial charge in [-0.1, -0.05) is 22.0 Å². The molecule has 0 aromatic heterocycles. The van der Waals surface area contributed by atoms with E-state index in [2.05, 4.69) is 38.5 Å². The number of hydrogen-bond donors (Lipinski definition) is 0. The summed E-state index contributed by atoms with van der Waals surface area (Å²) in [6, 6.07) is 5.63. The first-order valence-electron chi connectivity index (χ1n) is 3.67. The predicted molar refractivity (Wildman–Crippen MR) is 66.5 cm³/mol. The Morgan fingerprint density at radius 3 is 2.64 bits per heavy atom. The van der Waals surface area contributed by atoms with E-state index in [0.29, 0.717) is 0 Å². The Hall–Kier alpha value is 0.340. The van der Waals surface area contributed by atoms with E-state index >= 15 is 0 Å². The van der Waals surface area contributed by atoms with Crippen molar-refractivity contribution in [2.45, 2.75) is 6.61 Å². The Morgan fingerprint density at radius 2 is 2.14 bits per heavy atom. The molecular formula is C8H8BrIO3S. The van der Waals surface area contributed by atoms with Crippen molar-refractivity contribution >= 4 is 48.6 Å². The zero-order valence-electron chi connectivity index (χ0n) is 7.33. The molecule has 0 amide bonds. The summed E-state index contributed by atoms with van der Waals surface area (Å²) in [7, 11) is -3.38. The van der Waals surface area contributed by atoms with Gasteiger partial charge in [-0.05, 0) is 34.7 Å². The minimum absolute atomic E-state index is 0.0680. The fourth-order valence-electron chi connectivity index (χ4n) is 0.836. The van der Waals surface area contributed by atoms with E-state index in [4.69, 9.17) is 4.18 Å². The topological polar surface area (TPSA) is 43.4 Å². The molecule has 0 N–H and O–H groups in total. The molecule has 0 bridgehead atoms. The molecule has 0 radical (unpaired) electrons. The summed E-state index contributed by atoms with van der Waals surface area (Å²) in [5.41, 5.74) is 0.846. The average Bonchev–Trinajstić information content (AvgIpc) is 2.01. The highest BCUT2D eigenvalue weighted by molar-refractivity contribution is 14.1. The minimum Gasteiger partial charge on any atom is -0.265 e. The van der Waals surface area contributed by atoms with Gasteiger partial charge < -0.3 is 0 Å². The van der Waals surface area contributed by atoms with E-state index < -0.39 is 10.1 Å². The highest BCUT2D eigenvalue weighted by atomic mass is 127. The molecule has 0 fully saturated rings. The summed E-state index contributed by atoms with van der Waals surface area (Å²) in [5, 5.41) is 0. The second kappa shape index (κ2) is 4.91. The van der Waals surface area contributed by atoms with Crippen molar-refractivity contribution in [2.24, 2.45) is 0 Å². The van der Waals surface area contributed by atoms with E-state index in [0.717, 1.165) is 19.9 Å². The number of benzene rings is 1. The average molecular weight is 391 g/mol. The van der Waals surface area contributed by atoms with Crippen LogP contribution in [0.2, 0.25) is 0 Å². The van der Waals surface area contributed by atoms with Gasteiger partial charge in [0.1, 0.15) is 0 Å². The van der Waals surface area contributed by atoms with Gasteiger partial charge >= 0.3 is 0 Å². The molecule has 3 nitrogen and oxygen atoms in total. The van der Waals surface area contributed by atoms with Crippen molar-refractivity contribution in [3.63, 3.8) is 0 Å². The van der Waals surface area contributed by atoms with Gasteiger partial charge in [-0.2, -0.15) is 8.42 Å². The van der Waals surface area contributed by atoms with Crippen LogP contribution in [-0.2, 0) is 20.9 Å². The third-order valence-corrected chi connectivity index (χ3v) is 3.78. The maximum Gasteiger partial charge on any atom is 0.264 e. The monoisotopic (exact) mass is 390 g/mol. The Balaban J connectivity index is 2.87. The molecule has 0 heterocycles. The van der Waals surface area contributed by atoms with Crippen molar-refractivity contribution in [1.29, 1.82) is 0 Å². The van der Waals surface area contributed by atoms with E-state index in [9.17, 15) is 8.42 Å². The fourth-order valence-corrected chi connectivity index (χ4v) is 2.67. The fraction of sp³-hybridized carbons (Fsp3) is 0.250. The van der Waals surface area contributed by atoms with E-state index in [-0.39, 0.29) is 6.61 Å². The molecule has 0 aliphatic heterocycles. The summed E-state index contributed by atoms with van der Waals surface area (Å²) in [6.07, 6.45) is 1.04. The Bertz CT molecular complexity index is 410. The van der Waals surface area contributed by atoms with Gasteiger partial charge in [0.2, 0.25) is 0 Å². The number of hydrogen-bond acceptors (Lipinski definition) is 3. The second-order valence-electron chi connectivity index (χ2n) is 2.67. The van der Waals surface area contributed by atoms with Gasteiger partial charge in [0.15, 0.2) is 0 Å². The molecule has 0 saturated heterocycles. The Kier molecular flexibility index (Phi) is 4.35. The van der Waals surface area contributed by atoms with Crippen molar-refractivity contribution in [3.8, 4) is 0 Å². The molecule has 1 aromatic carbocycles. The lowest BCUT2D eigenvalue weighted by molar-refractivity contribution is 0.310. The quantitative estimate of drug-likeness (QED) is 0.588. The highest BCUT2D eigenvalue weighted by Gasteiger charge is 2.08. The lowest BCUT2D eigenvalue weighted by Gasteiger charge is -2.06. The molecule has 0 atom stereocenters. The normalized spacial score (nSPS) is 11.6. The van der Waals surface area contributed by atoms with Crippen LogP contribution < -0.4 is 0 Å². The van der Waals surface area contributed by atoms with E-state index in [1.165, 1.54) is 0 Å². The van der Waals surface area contributed by atoms with Crippen LogP contribution in [0.15, 0.2) is 22.7 Å². The zero-order valence-corrected chi connectivity index (χ0v) is 11.9. The molecule has 78 valence electrons. The first-order chi connectivity index (χ1) is 6.40. The molecule has 14 heavy (non-hydrogen) atoms.